The van der Waals surface area contributed by atoms with E-state index in [-0.39, 0.29) is 11.8 Å². The number of hydrogen-bond donors (Lipinski definition) is 1. The predicted octanol–water partition coefficient (Wildman–Crippen LogP) is 2.21. The van der Waals surface area contributed by atoms with E-state index in [9.17, 15) is 4.79 Å². The van der Waals surface area contributed by atoms with E-state index >= 15 is 0 Å². The largest absolute Gasteiger partial charge is 0.486 e. The average molecular weight is 298 g/mol. The van der Waals surface area contributed by atoms with Crippen molar-refractivity contribution in [2.75, 3.05) is 13.2 Å². The molecule has 0 spiro atoms. The lowest BCUT2D eigenvalue weighted by Crippen LogP contribution is -2.33. The Morgan fingerprint density at radius 2 is 2.05 bits per heavy atom. The van der Waals surface area contributed by atoms with Crippen LogP contribution in [0.2, 0.25) is 0 Å². The molecule has 2 heterocycles. The quantitative estimate of drug-likeness (QED) is 0.858. The van der Waals surface area contributed by atoms with E-state index in [1.54, 1.807) is 24.4 Å². The molecule has 22 heavy (non-hydrogen) atoms. The van der Waals surface area contributed by atoms with Gasteiger partial charge in [-0.1, -0.05) is 6.07 Å². The Hall–Kier alpha value is -2.40. The molecule has 0 saturated carbocycles. The minimum Gasteiger partial charge on any atom is -0.486 e. The zero-order chi connectivity index (χ0) is 15.4. The van der Waals surface area contributed by atoms with Crippen LogP contribution < -0.4 is 14.8 Å². The molecule has 1 aromatic heterocycles. The van der Waals surface area contributed by atoms with Crippen molar-refractivity contribution in [2.45, 2.75) is 19.5 Å². The molecule has 1 aliphatic heterocycles. The third-order valence-corrected chi connectivity index (χ3v) is 3.54. The molecule has 2 aromatic rings. The van der Waals surface area contributed by atoms with Gasteiger partial charge in [0, 0.05) is 18.3 Å². The molecule has 0 radical (unpaired) electrons. The van der Waals surface area contributed by atoms with Gasteiger partial charge in [0.2, 0.25) is 0 Å². The molecular formula is C17H18N2O3. The van der Waals surface area contributed by atoms with Gasteiger partial charge < -0.3 is 14.8 Å². The average Bonchev–Trinajstić information content (AvgIpc) is 2.59. The van der Waals surface area contributed by atoms with Crippen LogP contribution >= 0.6 is 0 Å². The molecule has 0 amide bonds. The van der Waals surface area contributed by atoms with Crippen molar-refractivity contribution in [1.82, 2.24) is 10.3 Å². The molecule has 0 saturated heterocycles. The van der Waals surface area contributed by atoms with Crippen LogP contribution in [0.5, 0.6) is 11.5 Å². The highest BCUT2D eigenvalue weighted by molar-refractivity contribution is 6.00. The van der Waals surface area contributed by atoms with E-state index in [4.69, 9.17) is 9.47 Å². The number of nitrogens with one attached hydrogen (secondary N) is 1. The summed E-state index contributed by atoms with van der Waals surface area (Å²) in [7, 11) is 0. The second-order valence-electron chi connectivity index (χ2n) is 5.15. The lowest BCUT2D eigenvalue weighted by atomic mass is 10.0. The topological polar surface area (TPSA) is 60.5 Å². The Labute approximate surface area is 129 Å². The predicted molar refractivity (Wildman–Crippen MR) is 82.3 cm³/mol. The highest BCUT2D eigenvalue weighted by atomic mass is 16.6. The standard InChI is InChI=1S/C17H18N2O3/c1-12(19-11-14-4-2-3-7-18-14)17(20)13-5-6-15-16(10-13)22-9-8-21-15/h2-7,10,12,19H,8-9,11H2,1H3. The minimum absolute atomic E-state index is 0.0212. The van der Waals surface area contributed by atoms with Crippen molar-refractivity contribution in [3.05, 3.63) is 53.9 Å². The molecule has 114 valence electrons. The number of benzene rings is 1. The number of rotatable bonds is 5. The van der Waals surface area contributed by atoms with Crippen LogP contribution in [0.3, 0.4) is 0 Å². The molecule has 0 aliphatic carbocycles. The summed E-state index contributed by atoms with van der Waals surface area (Å²) in [6, 6.07) is 10.7. The van der Waals surface area contributed by atoms with Crippen molar-refractivity contribution < 1.29 is 14.3 Å². The molecule has 5 heteroatoms. The number of pyridine rings is 1. The lowest BCUT2D eigenvalue weighted by molar-refractivity contribution is 0.0949. The fourth-order valence-corrected chi connectivity index (χ4v) is 2.30. The summed E-state index contributed by atoms with van der Waals surface area (Å²) < 4.78 is 11.0. The van der Waals surface area contributed by atoms with Gasteiger partial charge in [-0.15, -0.1) is 0 Å². The van der Waals surface area contributed by atoms with Gasteiger partial charge >= 0.3 is 0 Å². The second kappa shape index (κ2) is 6.58. The van der Waals surface area contributed by atoms with Crippen LogP contribution in [0.1, 0.15) is 23.0 Å². The smallest absolute Gasteiger partial charge is 0.179 e. The summed E-state index contributed by atoms with van der Waals surface area (Å²) in [5.74, 6) is 1.35. The fourth-order valence-electron chi connectivity index (χ4n) is 2.30. The molecule has 1 atom stereocenters. The first-order valence-corrected chi connectivity index (χ1v) is 7.31. The van der Waals surface area contributed by atoms with Crippen LogP contribution in [0.25, 0.3) is 0 Å². The van der Waals surface area contributed by atoms with Gasteiger partial charge in [-0.25, -0.2) is 0 Å². The first-order chi connectivity index (χ1) is 10.7. The highest BCUT2D eigenvalue weighted by Gasteiger charge is 2.18. The van der Waals surface area contributed by atoms with Crippen LogP contribution in [0, 0.1) is 0 Å². The van der Waals surface area contributed by atoms with Crippen LogP contribution in [0.4, 0.5) is 0 Å². The van der Waals surface area contributed by atoms with Gasteiger partial charge in [0.15, 0.2) is 17.3 Å². The van der Waals surface area contributed by atoms with E-state index in [1.165, 1.54) is 0 Å². The van der Waals surface area contributed by atoms with E-state index in [0.717, 1.165) is 5.69 Å². The molecule has 3 rings (SSSR count). The number of aromatic nitrogens is 1. The Bertz CT molecular complexity index is 658. The number of ketones is 1. The van der Waals surface area contributed by atoms with Crippen molar-refractivity contribution in [1.29, 1.82) is 0 Å². The van der Waals surface area contributed by atoms with E-state index in [2.05, 4.69) is 10.3 Å². The molecule has 5 nitrogen and oxygen atoms in total. The van der Waals surface area contributed by atoms with Crippen LogP contribution in [0.15, 0.2) is 42.6 Å². The molecule has 1 aliphatic rings. The number of ether oxygens (including phenoxy) is 2. The number of Topliss-reactive ketones (excluding diaryl/α,β-unsaturated/α-hetero) is 1. The summed E-state index contributed by atoms with van der Waals surface area (Å²) in [6.07, 6.45) is 1.74. The summed E-state index contributed by atoms with van der Waals surface area (Å²) in [5, 5.41) is 3.19. The van der Waals surface area contributed by atoms with E-state index in [1.807, 2.05) is 25.1 Å². The molecular weight excluding hydrogens is 280 g/mol. The van der Waals surface area contributed by atoms with Gasteiger partial charge in [0.05, 0.1) is 11.7 Å². The molecule has 0 fully saturated rings. The Balaban J connectivity index is 1.65. The number of fused-ring (bicyclic) bond motifs is 1. The summed E-state index contributed by atoms with van der Waals surface area (Å²) in [6.45, 7) is 3.46. The zero-order valence-electron chi connectivity index (χ0n) is 12.4. The highest BCUT2D eigenvalue weighted by Crippen LogP contribution is 2.31. The number of carbonyl (C=O) groups excluding carboxylic acids is 1. The Kier molecular flexibility index (Phi) is 4.34. The monoisotopic (exact) mass is 298 g/mol. The van der Waals surface area contributed by atoms with Crippen molar-refractivity contribution >= 4 is 5.78 Å². The van der Waals surface area contributed by atoms with E-state index in [0.29, 0.717) is 36.8 Å². The van der Waals surface area contributed by atoms with Gasteiger partial charge in [-0.05, 0) is 37.3 Å². The third kappa shape index (κ3) is 3.26. The van der Waals surface area contributed by atoms with Gasteiger partial charge in [0.1, 0.15) is 13.2 Å². The van der Waals surface area contributed by atoms with E-state index < -0.39 is 0 Å². The second-order valence-corrected chi connectivity index (χ2v) is 5.15. The molecule has 1 aromatic carbocycles. The maximum atomic E-state index is 12.5. The first kappa shape index (κ1) is 14.5. The normalized spacial score (nSPS) is 14.4. The fraction of sp³-hybridized carbons (Fsp3) is 0.294. The summed E-state index contributed by atoms with van der Waals surface area (Å²) >= 11 is 0. The molecule has 1 unspecified atom stereocenters. The lowest BCUT2D eigenvalue weighted by Gasteiger charge is -2.19. The molecule has 0 bridgehead atoms. The van der Waals surface area contributed by atoms with Crippen LogP contribution in [-0.2, 0) is 6.54 Å². The number of nitrogens with zero attached hydrogens (tertiary/aromatic N) is 1. The summed E-state index contributed by atoms with van der Waals surface area (Å²) in [5.41, 5.74) is 1.52. The Morgan fingerprint density at radius 1 is 1.23 bits per heavy atom. The van der Waals surface area contributed by atoms with Gasteiger partial charge in [-0.2, -0.15) is 0 Å². The van der Waals surface area contributed by atoms with Gasteiger partial charge in [-0.3, -0.25) is 9.78 Å². The minimum atomic E-state index is -0.301. The van der Waals surface area contributed by atoms with Gasteiger partial charge in [0.25, 0.3) is 0 Å². The maximum Gasteiger partial charge on any atom is 0.179 e. The third-order valence-electron chi connectivity index (χ3n) is 3.54. The Morgan fingerprint density at radius 3 is 2.82 bits per heavy atom. The van der Waals surface area contributed by atoms with Crippen LogP contribution in [-0.4, -0.2) is 30.0 Å². The SMILES string of the molecule is CC(NCc1ccccn1)C(=O)c1ccc2c(c1)OCCO2. The zero-order valence-corrected chi connectivity index (χ0v) is 12.4. The number of carbonyl (C=O) groups is 1. The van der Waals surface area contributed by atoms with Crippen molar-refractivity contribution in [3.63, 3.8) is 0 Å². The first-order valence-electron chi connectivity index (χ1n) is 7.31. The molecule has 1 N–H and O–H groups in total. The maximum absolute atomic E-state index is 12.5. The summed E-state index contributed by atoms with van der Waals surface area (Å²) in [4.78, 5) is 16.7. The number of hydrogen-bond acceptors (Lipinski definition) is 5. The van der Waals surface area contributed by atoms with Crippen molar-refractivity contribution in [2.24, 2.45) is 0 Å². The van der Waals surface area contributed by atoms with Crippen molar-refractivity contribution in [3.8, 4) is 11.5 Å².